The van der Waals surface area contributed by atoms with Gasteiger partial charge in [0.2, 0.25) is 0 Å². The Bertz CT molecular complexity index is 1670. The summed E-state index contributed by atoms with van der Waals surface area (Å²) in [6.07, 6.45) is -1.32. The van der Waals surface area contributed by atoms with Gasteiger partial charge < -0.3 is 10.6 Å². The summed E-state index contributed by atoms with van der Waals surface area (Å²) in [5.74, 6) is 6.09. The maximum atomic E-state index is 13.3. The highest BCUT2D eigenvalue weighted by molar-refractivity contribution is 6.31. The largest absolute Gasteiger partial charge is 0.417 e. The van der Waals surface area contributed by atoms with Crippen LogP contribution in [0.5, 0.6) is 0 Å². The number of halogens is 4. The van der Waals surface area contributed by atoms with Crippen LogP contribution < -0.4 is 5.73 Å². The van der Waals surface area contributed by atoms with E-state index >= 15 is 0 Å². The number of piperidine rings is 1. The Labute approximate surface area is 234 Å². The van der Waals surface area contributed by atoms with Crippen LogP contribution in [0, 0.1) is 18.8 Å². The Morgan fingerprint density at radius 1 is 1.18 bits per heavy atom. The molecule has 0 unspecified atom stereocenters. The van der Waals surface area contributed by atoms with E-state index in [0.717, 1.165) is 43.6 Å². The predicted molar refractivity (Wildman–Crippen MR) is 147 cm³/mol. The lowest BCUT2D eigenvalue weighted by atomic mass is 9.98. The second kappa shape index (κ2) is 10.9. The number of aryl methyl sites for hydroxylation is 1. The Balaban J connectivity index is 1.45. The van der Waals surface area contributed by atoms with Gasteiger partial charge in [0.25, 0.3) is 0 Å². The molecule has 0 spiro atoms. The van der Waals surface area contributed by atoms with Gasteiger partial charge in [0.05, 0.1) is 22.0 Å². The van der Waals surface area contributed by atoms with Crippen LogP contribution in [0.1, 0.15) is 57.2 Å². The summed E-state index contributed by atoms with van der Waals surface area (Å²) in [7, 11) is 2.07. The van der Waals surface area contributed by atoms with Gasteiger partial charge in [0.1, 0.15) is 17.8 Å². The van der Waals surface area contributed by atoms with Crippen LogP contribution in [0.15, 0.2) is 42.7 Å². The molecule has 0 saturated carbocycles. The minimum Gasteiger partial charge on any atom is -0.383 e. The fourth-order valence-electron chi connectivity index (χ4n) is 4.92. The number of fused-ring (bicyclic) bond motifs is 1. The van der Waals surface area contributed by atoms with Crippen LogP contribution in [0.4, 0.5) is 19.0 Å². The molecular formula is C29H26ClF3N6O. The molecular weight excluding hydrogens is 541 g/mol. The third-order valence-corrected chi connectivity index (χ3v) is 7.37. The first-order chi connectivity index (χ1) is 19.0. The minimum atomic E-state index is -4.65. The third kappa shape index (κ3) is 5.67. The average molecular weight is 567 g/mol. The van der Waals surface area contributed by atoms with Gasteiger partial charge in [-0.05, 0) is 74.7 Å². The van der Waals surface area contributed by atoms with Crippen molar-refractivity contribution < 1.29 is 18.0 Å². The molecule has 0 aliphatic carbocycles. The molecule has 2 aromatic carbocycles. The van der Waals surface area contributed by atoms with Crippen LogP contribution in [-0.2, 0) is 12.6 Å². The number of rotatable bonds is 4. The summed E-state index contributed by atoms with van der Waals surface area (Å²) in [5, 5.41) is 4.92. The highest BCUT2D eigenvalue weighted by Gasteiger charge is 2.34. The van der Waals surface area contributed by atoms with Crippen molar-refractivity contribution in [3.63, 3.8) is 0 Å². The number of hydrogen-bond acceptors (Lipinski definition) is 6. The monoisotopic (exact) mass is 566 g/mol. The molecule has 1 atom stereocenters. The zero-order chi connectivity index (χ0) is 28.6. The smallest absolute Gasteiger partial charge is 0.383 e. The molecule has 1 aliphatic heterocycles. The molecule has 4 aromatic rings. The molecule has 3 heterocycles. The second-order valence-electron chi connectivity index (χ2n) is 10.0. The number of likely N-dealkylation sites (N-methyl/N-ethyl adjacent to an activating group) is 1. The number of alkyl halides is 3. The van der Waals surface area contributed by atoms with Crippen LogP contribution in [0.3, 0.4) is 0 Å². The number of hydrogen-bond donors (Lipinski definition) is 1. The number of aromatic nitrogens is 4. The topological polar surface area (TPSA) is 89.9 Å². The Morgan fingerprint density at radius 2 is 1.98 bits per heavy atom. The molecule has 5 rings (SSSR count). The number of benzene rings is 2. The predicted octanol–water partition coefficient (Wildman–Crippen LogP) is 5.48. The lowest BCUT2D eigenvalue weighted by Gasteiger charge is -2.29. The van der Waals surface area contributed by atoms with Crippen molar-refractivity contribution in [3.8, 4) is 11.8 Å². The van der Waals surface area contributed by atoms with Gasteiger partial charge in [-0.25, -0.2) is 14.6 Å². The fraction of sp³-hybridized carbons (Fsp3) is 0.310. The van der Waals surface area contributed by atoms with Gasteiger partial charge in [0.15, 0.2) is 11.4 Å². The Morgan fingerprint density at radius 3 is 2.73 bits per heavy atom. The number of ketones is 1. The molecule has 1 aliphatic rings. The first-order valence-corrected chi connectivity index (χ1v) is 13.1. The highest BCUT2D eigenvalue weighted by Crippen LogP contribution is 2.35. The average Bonchev–Trinajstić information content (AvgIpc) is 3.28. The first-order valence-electron chi connectivity index (χ1n) is 12.7. The van der Waals surface area contributed by atoms with Crippen molar-refractivity contribution in [1.82, 2.24) is 24.6 Å². The van der Waals surface area contributed by atoms with Gasteiger partial charge in [0, 0.05) is 24.1 Å². The van der Waals surface area contributed by atoms with Crippen molar-refractivity contribution in [3.05, 3.63) is 81.3 Å². The summed E-state index contributed by atoms with van der Waals surface area (Å²) in [4.78, 5) is 23.7. The summed E-state index contributed by atoms with van der Waals surface area (Å²) >= 11 is 5.70. The molecule has 2 aromatic heterocycles. The second-order valence-corrected chi connectivity index (χ2v) is 10.4. The number of nitrogens with zero attached hydrogens (tertiary/aromatic N) is 5. The number of carbonyl (C=O) groups is 1. The van der Waals surface area contributed by atoms with Crippen molar-refractivity contribution in [1.29, 1.82) is 0 Å². The lowest BCUT2D eigenvalue weighted by Crippen LogP contribution is -2.34. The first kappa shape index (κ1) is 27.6. The molecule has 40 heavy (non-hydrogen) atoms. The molecule has 1 saturated heterocycles. The van der Waals surface area contributed by atoms with Crippen molar-refractivity contribution in [2.45, 2.75) is 38.4 Å². The Kier molecular flexibility index (Phi) is 7.53. The van der Waals surface area contributed by atoms with E-state index in [4.69, 9.17) is 22.4 Å². The standard InChI is InChI=1S/C29H26ClF3N6O/c1-17-5-6-18(13-25(40)20-7-9-23(30)22(14-20)29(31,32)33)12-19(17)8-10-24-26-27(34)35-16-36-28(26)39(37-24)21-4-3-11-38(2)15-21/h5-7,9,12,14,16,21H,3-4,11,13,15H2,1-2H3,(H2,34,35,36)/t21-/m1/s1. The van der Waals surface area contributed by atoms with E-state index in [-0.39, 0.29) is 18.0 Å². The van der Waals surface area contributed by atoms with E-state index in [1.165, 1.54) is 12.4 Å². The number of likely N-dealkylation sites (tertiary alicyclic amines) is 1. The van der Waals surface area contributed by atoms with Crippen molar-refractivity contribution in [2.75, 3.05) is 25.9 Å². The molecule has 1 fully saturated rings. The van der Waals surface area contributed by atoms with E-state index in [1.807, 2.05) is 17.7 Å². The van der Waals surface area contributed by atoms with Gasteiger partial charge in [-0.15, -0.1) is 0 Å². The number of nitrogens with two attached hydrogens (primary N) is 1. The van der Waals surface area contributed by atoms with Crippen LogP contribution in [0.2, 0.25) is 5.02 Å². The minimum absolute atomic E-state index is 0.0641. The quantitative estimate of drug-likeness (QED) is 0.260. The Hall–Kier alpha value is -3.94. The van der Waals surface area contributed by atoms with Crippen LogP contribution in [-0.4, -0.2) is 50.6 Å². The van der Waals surface area contributed by atoms with E-state index in [0.29, 0.717) is 33.7 Å². The summed E-state index contributed by atoms with van der Waals surface area (Å²) < 4.78 is 41.6. The van der Waals surface area contributed by atoms with Crippen molar-refractivity contribution in [2.24, 2.45) is 0 Å². The van der Waals surface area contributed by atoms with E-state index in [1.54, 1.807) is 12.1 Å². The molecule has 0 amide bonds. The normalized spacial score (nSPS) is 16.1. The number of carbonyl (C=O) groups excluding carboxylic acids is 1. The van der Waals surface area contributed by atoms with Gasteiger partial charge in [-0.1, -0.05) is 29.7 Å². The fourth-order valence-corrected chi connectivity index (χ4v) is 5.14. The van der Waals surface area contributed by atoms with Gasteiger partial charge in [-0.2, -0.15) is 18.3 Å². The van der Waals surface area contributed by atoms with E-state index in [2.05, 4.69) is 33.8 Å². The number of anilines is 1. The molecule has 206 valence electrons. The summed E-state index contributed by atoms with van der Waals surface area (Å²) in [5.41, 5.74) is 8.35. The summed E-state index contributed by atoms with van der Waals surface area (Å²) in [6, 6.07) is 8.65. The van der Waals surface area contributed by atoms with E-state index in [9.17, 15) is 18.0 Å². The van der Waals surface area contributed by atoms with Crippen molar-refractivity contribution >= 4 is 34.2 Å². The summed E-state index contributed by atoms with van der Waals surface area (Å²) in [6.45, 7) is 3.75. The SMILES string of the molecule is Cc1ccc(CC(=O)c2ccc(Cl)c(C(F)(F)F)c2)cc1C#Cc1nn([C@@H]2CCCN(C)C2)c2ncnc(N)c12. The molecule has 2 N–H and O–H groups in total. The van der Waals surface area contributed by atoms with Crippen LogP contribution in [0.25, 0.3) is 11.0 Å². The van der Waals surface area contributed by atoms with Gasteiger partial charge in [-0.3, -0.25) is 4.79 Å². The zero-order valence-electron chi connectivity index (χ0n) is 21.9. The highest BCUT2D eigenvalue weighted by atomic mass is 35.5. The molecule has 7 nitrogen and oxygen atoms in total. The van der Waals surface area contributed by atoms with Gasteiger partial charge >= 0.3 is 6.18 Å². The number of Topliss-reactive ketones (excluding diaryl/α,β-unsaturated/α-hetero) is 1. The lowest BCUT2D eigenvalue weighted by molar-refractivity contribution is -0.137. The molecule has 11 heteroatoms. The maximum absolute atomic E-state index is 13.3. The third-order valence-electron chi connectivity index (χ3n) is 7.04. The van der Waals surface area contributed by atoms with Crippen LogP contribution >= 0.6 is 11.6 Å². The number of nitrogen functional groups attached to an aromatic ring is 1. The molecule has 0 bridgehead atoms. The van der Waals surface area contributed by atoms with E-state index < -0.39 is 22.5 Å². The zero-order valence-corrected chi connectivity index (χ0v) is 22.6. The maximum Gasteiger partial charge on any atom is 0.417 e. The molecule has 0 radical (unpaired) electrons.